The predicted molar refractivity (Wildman–Crippen MR) is 82.2 cm³/mol. The Balaban J connectivity index is 1.78. The summed E-state index contributed by atoms with van der Waals surface area (Å²) in [5, 5.41) is 6.64. The maximum absolute atomic E-state index is 4.49. The highest BCUT2D eigenvalue weighted by Crippen LogP contribution is 2.32. The predicted octanol–water partition coefficient (Wildman–Crippen LogP) is 3.72. The summed E-state index contributed by atoms with van der Waals surface area (Å²) in [6.07, 6.45) is 2.67. The van der Waals surface area contributed by atoms with E-state index >= 15 is 0 Å². The van der Waals surface area contributed by atoms with Gasteiger partial charge in [-0.25, -0.2) is 0 Å². The standard InChI is InChI=1S/C14H18BrN3S/c1-10-14(15)13(17(2)16-10)9-18(11-5-6-11)8-12-4-3-7-19-12/h3-4,7,11H,5-6,8-9H2,1-2H3. The minimum atomic E-state index is 0.754. The Bertz CT molecular complexity index is 558. The Kier molecular flexibility index (Phi) is 3.78. The zero-order valence-corrected chi connectivity index (χ0v) is 13.7. The van der Waals surface area contributed by atoms with Crippen molar-refractivity contribution in [2.45, 2.75) is 38.9 Å². The van der Waals surface area contributed by atoms with Gasteiger partial charge in [0, 0.05) is 31.1 Å². The summed E-state index contributed by atoms with van der Waals surface area (Å²) in [6.45, 7) is 4.08. The van der Waals surface area contributed by atoms with E-state index in [1.165, 1.54) is 23.4 Å². The molecule has 1 saturated carbocycles. The zero-order valence-electron chi connectivity index (χ0n) is 11.3. The molecule has 1 fully saturated rings. The van der Waals surface area contributed by atoms with Crippen molar-refractivity contribution in [1.29, 1.82) is 0 Å². The molecule has 0 N–H and O–H groups in total. The molecule has 0 radical (unpaired) electrons. The van der Waals surface area contributed by atoms with Gasteiger partial charge in [0.15, 0.2) is 0 Å². The number of halogens is 1. The maximum atomic E-state index is 4.49. The van der Waals surface area contributed by atoms with Gasteiger partial charge in [0.25, 0.3) is 0 Å². The number of hydrogen-bond donors (Lipinski definition) is 0. The van der Waals surface area contributed by atoms with E-state index in [-0.39, 0.29) is 0 Å². The SMILES string of the molecule is Cc1nn(C)c(CN(Cc2cccs2)C2CC2)c1Br. The third kappa shape index (κ3) is 2.93. The van der Waals surface area contributed by atoms with Crippen LogP contribution in [0.1, 0.15) is 29.1 Å². The summed E-state index contributed by atoms with van der Waals surface area (Å²) in [5.74, 6) is 0. The van der Waals surface area contributed by atoms with Gasteiger partial charge in [0.05, 0.1) is 15.9 Å². The van der Waals surface area contributed by atoms with Crippen LogP contribution in [0, 0.1) is 6.92 Å². The van der Waals surface area contributed by atoms with E-state index in [1.54, 1.807) is 0 Å². The quantitative estimate of drug-likeness (QED) is 0.827. The van der Waals surface area contributed by atoms with E-state index in [1.807, 2.05) is 30.0 Å². The molecule has 0 bridgehead atoms. The molecule has 0 amide bonds. The van der Waals surface area contributed by atoms with Gasteiger partial charge in [-0.15, -0.1) is 11.3 Å². The van der Waals surface area contributed by atoms with Crippen LogP contribution in [0.3, 0.4) is 0 Å². The molecular formula is C14H18BrN3S. The summed E-state index contributed by atoms with van der Waals surface area (Å²) in [4.78, 5) is 4.02. The monoisotopic (exact) mass is 339 g/mol. The van der Waals surface area contributed by atoms with Crippen LogP contribution < -0.4 is 0 Å². The smallest absolute Gasteiger partial charge is 0.0739 e. The fraction of sp³-hybridized carbons (Fsp3) is 0.500. The molecule has 2 aromatic rings. The van der Waals surface area contributed by atoms with Crippen molar-refractivity contribution in [1.82, 2.24) is 14.7 Å². The summed E-state index contributed by atoms with van der Waals surface area (Å²) >= 11 is 5.51. The van der Waals surface area contributed by atoms with Crippen molar-refractivity contribution >= 4 is 27.3 Å². The van der Waals surface area contributed by atoms with Crippen LogP contribution in [0.25, 0.3) is 0 Å². The lowest BCUT2D eigenvalue weighted by Crippen LogP contribution is -2.26. The van der Waals surface area contributed by atoms with Crippen molar-refractivity contribution in [3.05, 3.63) is 38.3 Å². The van der Waals surface area contributed by atoms with Crippen LogP contribution in [0.15, 0.2) is 22.0 Å². The molecule has 3 rings (SSSR count). The number of rotatable bonds is 5. The lowest BCUT2D eigenvalue weighted by molar-refractivity contribution is 0.241. The molecule has 3 nitrogen and oxygen atoms in total. The lowest BCUT2D eigenvalue weighted by Gasteiger charge is -2.21. The molecule has 1 aliphatic carbocycles. The first-order valence-corrected chi connectivity index (χ1v) is 8.27. The number of thiophene rings is 1. The van der Waals surface area contributed by atoms with E-state index in [9.17, 15) is 0 Å². The van der Waals surface area contributed by atoms with E-state index < -0.39 is 0 Å². The maximum Gasteiger partial charge on any atom is 0.0739 e. The highest BCUT2D eigenvalue weighted by molar-refractivity contribution is 9.10. The van der Waals surface area contributed by atoms with Crippen molar-refractivity contribution in [2.24, 2.45) is 7.05 Å². The second-order valence-corrected chi connectivity index (χ2v) is 7.01. The molecule has 0 aliphatic heterocycles. The zero-order chi connectivity index (χ0) is 13.4. The fourth-order valence-corrected chi connectivity index (χ4v) is 3.59. The van der Waals surface area contributed by atoms with Crippen molar-refractivity contribution in [3.8, 4) is 0 Å². The van der Waals surface area contributed by atoms with Gasteiger partial charge in [-0.1, -0.05) is 6.07 Å². The van der Waals surface area contributed by atoms with Gasteiger partial charge in [-0.2, -0.15) is 5.10 Å². The Hall–Kier alpha value is -0.650. The molecular weight excluding hydrogens is 322 g/mol. The highest BCUT2D eigenvalue weighted by atomic mass is 79.9. The van der Waals surface area contributed by atoms with Gasteiger partial charge in [-0.05, 0) is 47.1 Å². The summed E-state index contributed by atoms with van der Waals surface area (Å²) < 4.78 is 3.16. The van der Waals surface area contributed by atoms with Crippen LogP contribution in [-0.2, 0) is 20.1 Å². The molecule has 2 aromatic heterocycles. The largest absolute Gasteiger partial charge is 0.289 e. The van der Waals surface area contributed by atoms with E-state index in [0.717, 1.165) is 29.3 Å². The second kappa shape index (κ2) is 5.38. The molecule has 19 heavy (non-hydrogen) atoms. The second-order valence-electron chi connectivity index (χ2n) is 5.19. The van der Waals surface area contributed by atoms with Crippen LogP contribution >= 0.6 is 27.3 Å². The Labute approximate surface area is 126 Å². The van der Waals surface area contributed by atoms with Crippen LogP contribution in [0.4, 0.5) is 0 Å². The Morgan fingerprint density at radius 2 is 2.26 bits per heavy atom. The molecule has 0 saturated heterocycles. The van der Waals surface area contributed by atoms with Gasteiger partial charge in [0.2, 0.25) is 0 Å². The first kappa shape index (κ1) is 13.3. The molecule has 1 aliphatic rings. The third-order valence-electron chi connectivity index (χ3n) is 3.62. The highest BCUT2D eigenvalue weighted by Gasteiger charge is 2.30. The molecule has 0 spiro atoms. The van der Waals surface area contributed by atoms with E-state index in [4.69, 9.17) is 0 Å². The van der Waals surface area contributed by atoms with Crippen molar-refractivity contribution in [3.63, 3.8) is 0 Å². The van der Waals surface area contributed by atoms with Crippen LogP contribution in [-0.4, -0.2) is 20.7 Å². The minimum Gasteiger partial charge on any atom is -0.289 e. The van der Waals surface area contributed by atoms with Gasteiger partial charge in [0.1, 0.15) is 0 Å². The topological polar surface area (TPSA) is 21.1 Å². The Morgan fingerprint density at radius 1 is 1.47 bits per heavy atom. The molecule has 5 heteroatoms. The molecule has 102 valence electrons. The first-order valence-electron chi connectivity index (χ1n) is 6.59. The van der Waals surface area contributed by atoms with Gasteiger partial charge >= 0.3 is 0 Å². The van der Waals surface area contributed by atoms with Crippen molar-refractivity contribution in [2.75, 3.05) is 0 Å². The fourth-order valence-electron chi connectivity index (χ4n) is 2.40. The van der Waals surface area contributed by atoms with E-state index in [0.29, 0.717) is 0 Å². The molecule has 0 atom stereocenters. The van der Waals surface area contributed by atoms with Gasteiger partial charge in [-0.3, -0.25) is 9.58 Å². The Morgan fingerprint density at radius 3 is 2.79 bits per heavy atom. The molecule has 2 heterocycles. The van der Waals surface area contributed by atoms with Crippen LogP contribution in [0.2, 0.25) is 0 Å². The first-order chi connectivity index (χ1) is 9.15. The summed E-state index contributed by atoms with van der Waals surface area (Å²) in [5.41, 5.74) is 2.35. The minimum absolute atomic E-state index is 0.754. The summed E-state index contributed by atoms with van der Waals surface area (Å²) in [6, 6.07) is 5.11. The summed E-state index contributed by atoms with van der Waals surface area (Å²) in [7, 11) is 2.03. The number of nitrogens with zero attached hydrogens (tertiary/aromatic N) is 3. The number of hydrogen-bond acceptors (Lipinski definition) is 3. The average Bonchev–Trinajstić information content (AvgIpc) is 3.05. The average molecular weight is 340 g/mol. The van der Waals surface area contributed by atoms with Crippen LogP contribution in [0.5, 0.6) is 0 Å². The van der Waals surface area contributed by atoms with Crippen molar-refractivity contribution < 1.29 is 0 Å². The number of aryl methyl sites for hydroxylation is 2. The third-order valence-corrected chi connectivity index (χ3v) is 5.51. The molecule has 0 unspecified atom stereocenters. The molecule has 0 aromatic carbocycles. The lowest BCUT2D eigenvalue weighted by atomic mass is 10.3. The van der Waals surface area contributed by atoms with E-state index in [2.05, 4.69) is 43.4 Å². The normalized spacial score (nSPS) is 15.4. The number of aromatic nitrogens is 2. The van der Waals surface area contributed by atoms with Gasteiger partial charge < -0.3 is 0 Å².